The van der Waals surface area contributed by atoms with Gasteiger partial charge in [0.05, 0.1) is 19.6 Å². The highest BCUT2D eigenvalue weighted by Crippen LogP contribution is 1.96. The third-order valence-electron chi connectivity index (χ3n) is 2.21. The molecule has 0 aromatic carbocycles. The van der Waals surface area contributed by atoms with Crippen molar-refractivity contribution in [2.75, 3.05) is 19.4 Å². The molecular formula is C14H27NO4S. The van der Waals surface area contributed by atoms with Crippen molar-refractivity contribution in [2.45, 2.75) is 45.6 Å². The molecule has 118 valence electrons. The van der Waals surface area contributed by atoms with Crippen LogP contribution in [-0.4, -0.2) is 42.5 Å². The highest BCUT2D eigenvalue weighted by Gasteiger charge is 2.09. The van der Waals surface area contributed by atoms with Gasteiger partial charge in [0.2, 0.25) is 5.91 Å². The Morgan fingerprint density at radius 1 is 1.35 bits per heavy atom. The molecule has 0 aliphatic heterocycles. The molecule has 0 aliphatic carbocycles. The second-order valence-corrected chi connectivity index (χ2v) is 4.51. The summed E-state index contributed by atoms with van der Waals surface area (Å²) in [5.74, 6) is -0.223. The quantitative estimate of drug-likeness (QED) is 0.362. The molecular weight excluding hydrogens is 278 g/mol. The van der Waals surface area contributed by atoms with Gasteiger partial charge >= 0.3 is 5.97 Å². The van der Waals surface area contributed by atoms with E-state index in [1.54, 1.807) is 6.08 Å². The monoisotopic (exact) mass is 305 g/mol. The number of amides is 1. The molecule has 0 aromatic rings. The molecule has 2 N–H and O–H groups in total. The van der Waals surface area contributed by atoms with Crippen LogP contribution >= 0.6 is 12.6 Å². The summed E-state index contributed by atoms with van der Waals surface area (Å²) >= 11 is 4.00. The lowest BCUT2D eigenvalue weighted by atomic mass is 10.2. The summed E-state index contributed by atoms with van der Waals surface area (Å²) in [6.45, 7) is 4.18. The average molecular weight is 305 g/mol. The number of thiol groups is 1. The predicted molar refractivity (Wildman–Crippen MR) is 83.8 cm³/mol. The second-order valence-electron chi connectivity index (χ2n) is 4.06. The average Bonchev–Trinajstić information content (AvgIpc) is 2.45. The minimum absolute atomic E-state index is 0.0694. The zero-order chi connectivity index (χ0) is 15.8. The van der Waals surface area contributed by atoms with Crippen molar-refractivity contribution in [3.05, 3.63) is 12.2 Å². The SMILES string of the molecule is CCCC.COC(=O)CNC(=O)CC(O)/C=C/CCS. The summed E-state index contributed by atoms with van der Waals surface area (Å²) in [5, 5.41) is 11.7. The Morgan fingerprint density at radius 3 is 2.40 bits per heavy atom. The van der Waals surface area contributed by atoms with Crippen LogP contribution in [0.5, 0.6) is 0 Å². The van der Waals surface area contributed by atoms with Gasteiger partial charge < -0.3 is 15.2 Å². The third kappa shape index (κ3) is 17.0. The van der Waals surface area contributed by atoms with Gasteiger partial charge in [0.25, 0.3) is 0 Å². The number of nitrogens with one attached hydrogen (secondary N) is 1. The maximum atomic E-state index is 11.2. The maximum absolute atomic E-state index is 11.2. The molecule has 0 fully saturated rings. The Balaban J connectivity index is 0. The van der Waals surface area contributed by atoms with E-state index in [9.17, 15) is 14.7 Å². The normalized spacial score (nSPS) is 11.4. The summed E-state index contributed by atoms with van der Waals surface area (Å²) in [6.07, 6.45) is 5.76. The first-order valence-electron chi connectivity index (χ1n) is 6.80. The smallest absolute Gasteiger partial charge is 0.325 e. The van der Waals surface area contributed by atoms with E-state index in [4.69, 9.17) is 0 Å². The number of methoxy groups -OCH3 is 1. The second kappa shape index (κ2) is 16.0. The Hall–Kier alpha value is -1.01. The van der Waals surface area contributed by atoms with E-state index in [1.807, 2.05) is 0 Å². The lowest BCUT2D eigenvalue weighted by molar-refractivity contribution is -0.141. The van der Waals surface area contributed by atoms with Crippen molar-refractivity contribution in [1.82, 2.24) is 5.32 Å². The lowest BCUT2D eigenvalue weighted by Gasteiger charge is -2.06. The molecule has 0 bridgehead atoms. The lowest BCUT2D eigenvalue weighted by Crippen LogP contribution is -2.32. The van der Waals surface area contributed by atoms with E-state index in [0.717, 1.165) is 6.42 Å². The number of ether oxygens (including phenoxy) is 1. The van der Waals surface area contributed by atoms with Crippen molar-refractivity contribution in [3.63, 3.8) is 0 Å². The van der Waals surface area contributed by atoms with Gasteiger partial charge in [0.15, 0.2) is 0 Å². The molecule has 0 saturated carbocycles. The van der Waals surface area contributed by atoms with E-state index in [1.165, 1.54) is 26.0 Å². The first-order chi connectivity index (χ1) is 9.51. The number of hydrogen-bond acceptors (Lipinski definition) is 5. The molecule has 5 nitrogen and oxygen atoms in total. The fourth-order valence-corrected chi connectivity index (χ4v) is 1.05. The molecule has 0 aromatic heterocycles. The summed E-state index contributed by atoms with van der Waals surface area (Å²) < 4.78 is 4.35. The summed E-state index contributed by atoms with van der Waals surface area (Å²) in [4.78, 5) is 21.9. The van der Waals surface area contributed by atoms with Gasteiger partial charge in [-0.1, -0.05) is 38.8 Å². The van der Waals surface area contributed by atoms with Crippen molar-refractivity contribution >= 4 is 24.5 Å². The minimum Gasteiger partial charge on any atom is -0.468 e. The number of aliphatic hydroxyl groups is 1. The van der Waals surface area contributed by atoms with Crippen molar-refractivity contribution in [1.29, 1.82) is 0 Å². The van der Waals surface area contributed by atoms with Gasteiger partial charge in [-0.15, -0.1) is 0 Å². The number of hydrogen-bond donors (Lipinski definition) is 3. The Labute approximate surface area is 127 Å². The first-order valence-corrected chi connectivity index (χ1v) is 7.44. The first kappa shape index (κ1) is 21.3. The zero-order valence-electron chi connectivity index (χ0n) is 12.6. The number of carbonyl (C=O) groups excluding carboxylic acids is 2. The van der Waals surface area contributed by atoms with E-state index in [-0.39, 0.29) is 13.0 Å². The van der Waals surface area contributed by atoms with Crippen LogP contribution in [0, 0.1) is 0 Å². The third-order valence-corrected chi connectivity index (χ3v) is 2.46. The molecule has 0 heterocycles. The number of rotatable bonds is 8. The molecule has 0 saturated heterocycles. The standard InChI is InChI=1S/C10H17NO4S.C4H10/c1-15-10(14)7-11-9(13)6-8(12)4-2-3-5-16;1-3-4-2/h2,4,8,12,16H,3,5-7H2,1H3,(H,11,13);3-4H2,1-2H3/b4-2+;. The van der Waals surface area contributed by atoms with E-state index in [2.05, 4.69) is 36.5 Å². The van der Waals surface area contributed by atoms with Crippen LogP contribution in [0.4, 0.5) is 0 Å². The maximum Gasteiger partial charge on any atom is 0.325 e. The van der Waals surface area contributed by atoms with Crippen molar-refractivity contribution in [2.24, 2.45) is 0 Å². The van der Waals surface area contributed by atoms with Gasteiger partial charge in [0, 0.05) is 0 Å². The van der Waals surface area contributed by atoms with Gasteiger partial charge in [-0.2, -0.15) is 12.6 Å². The molecule has 1 atom stereocenters. The Morgan fingerprint density at radius 2 is 1.95 bits per heavy atom. The molecule has 0 rings (SSSR count). The van der Waals surface area contributed by atoms with Crippen LogP contribution < -0.4 is 5.32 Å². The van der Waals surface area contributed by atoms with E-state index >= 15 is 0 Å². The van der Waals surface area contributed by atoms with E-state index < -0.39 is 18.0 Å². The highest BCUT2D eigenvalue weighted by molar-refractivity contribution is 7.80. The Bertz CT molecular complexity index is 280. The molecule has 6 heteroatoms. The summed E-state index contributed by atoms with van der Waals surface area (Å²) in [7, 11) is 1.24. The predicted octanol–water partition coefficient (Wildman–Crippen LogP) is 1.71. The van der Waals surface area contributed by atoms with Crippen molar-refractivity contribution in [3.8, 4) is 0 Å². The van der Waals surface area contributed by atoms with Gasteiger partial charge in [0.1, 0.15) is 6.54 Å². The fraction of sp³-hybridized carbons (Fsp3) is 0.714. The van der Waals surface area contributed by atoms with Gasteiger partial charge in [-0.05, 0) is 12.2 Å². The fourth-order valence-electron chi connectivity index (χ4n) is 0.901. The number of aliphatic hydroxyl groups excluding tert-OH is 1. The zero-order valence-corrected chi connectivity index (χ0v) is 13.5. The number of carbonyl (C=O) groups is 2. The van der Waals surface area contributed by atoms with Gasteiger partial charge in [-0.3, -0.25) is 9.59 Å². The van der Waals surface area contributed by atoms with E-state index in [0.29, 0.717) is 5.75 Å². The molecule has 1 amide bonds. The number of esters is 1. The number of unbranched alkanes of at least 4 members (excludes halogenated alkanes) is 1. The molecule has 0 spiro atoms. The van der Waals surface area contributed by atoms with Crippen LogP contribution in [0.2, 0.25) is 0 Å². The molecule has 0 radical (unpaired) electrons. The number of allylic oxidation sites excluding steroid dienone is 1. The van der Waals surface area contributed by atoms with Crippen molar-refractivity contribution < 1.29 is 19.4 Å². The molecule has 1 unspecified atom stereocenters. The topological polar surface area (TPSA) is 75.6 Å². The highest BCUT2D eigenvalue weighted by atomic mass is 32.1. The van der Waals surface area contributed by atoms with Crippen LogP contribution in [-0.2, 0) is 14.3 Å². The van der Waals surface area contributed by atoms with Crippen LogP contribution in [0.25, 0.3) is 0 Å². The van der Waals surface area contributed by atoms with Gasteiger partial charge in [-0.25, -0.2) is 0 Å². The summed E-state index contributed by atoms with van der Waals surface area (Å²) in [5.41, 5.74) is 0. The molecule has 20 heavy (non-hydrogen) atoms. The minimum atomic E-state index is -0.836. The Kier molecular flexibility index (Phi) is 17.1. The summed E-state index contributed by atoms with van der Waals surface area (Å²) in [6, 6.07) is 0. The molecule has 0 aliphatic rings. The largest absolute Gasteiger partial charge is 0.468 e. The van der Waals surface area contributed by atoms with Crippen LogP contribution in [0.3, 0.4) is 0 Å². The van der Waals surface area contributed by atoms with Crippen LogP contribution in [0.1, 0.15) is 39.5 Å². The van der Waals surface area contributed by atoms with Crippen LogP contribution in [0.15, 0.2) is 12.2 Å².